The molecule has 0 saturated heterocycles. The summed E-state index contributed by atoms with van der Waals surface area (Å²) in [6.45, 7) is 1.65. The van der Waals surface area contributed by atoms with Crippen LogP contribution in [-0.4, -0.2) is 51.1 Å². The second kappa shape index (κ2) is 12.3. The summed E-state index contributed by atoms with van der Waals surface area (Å²) in [5.41, 5.74) is 1.08. The van der Waals surface area contributed by atoms with Crippen LogP contribution >= 0.6 is 0 Å². The van der Waals surface area contributed by atoms with Gasteiger partial charge in [-0.15, -0.1) is 0 Å². The van der Waals surface area contributed by atoms with Crippen LogP contribution < -0.4 is 15.4 Å². The smallest absolute Gasteiger partial charge is 0.259 e. The van der Waals surface area contributed by atoms with Gasteiger partial charge in [-0.05, 0) is 30.0 Å². The molecule has 1 saturated carbocycles. The summed E-state index contributed by atoms with van der Waals surface area (Å²) in [5.74, 6) is 2.43. The van der Waals surface area contributed by atoms with Gasteiger partial charge in [0.05, 0.1) is 0 Å². The van der Waals surface area contributed by atoms with Gasteiger partial charge in [0, 0.05) is 34.2 Å². The third-order valence-electron chi connectivity index (χ3n) is 5.25. The summed E-state index contributed by atoms with van der Waals surface area (Å²) in [7, 11) is 5.24. The van der Waals surface area contributed by atoms with Gasteiger partial charge in [-0.2, -0.15) is 0 Å². The molecule has 0 heterocycles. The Bertz CT molecular complexity index is 625. The van der Waals surface area contributed by atoms with Gasteiger partial charge in [0.1, 0.15) is 5.75 Å². The van der Waals surface area contributed by atoms with Gasteiger partial charge in [-0.25, -0.2) is 0 Å². The van der Waals surface area contributed by atoms with Crippen molar-refractivity contribution < 1.29 is 9.53 Å². The van der Waals surface area contributed by atoms with Gasteiger partial charge in [-0.3, -0.25) is 9.79 Å². The zero-order chi connectivity index (χ0) is 20.2. The molecule has 1 aliphatic carbocycles. The third-order valence-corrected chi connectivity index (χ3v) is 5.25. The lowest BCUT2D eigenvalue weighted by molar-refractivity contribution is -0.130. The van der Waals surface area contributed by atoms with E-state index in [-0.39, 0.29) is 12.5 Å². The molecule has 6 heteroatoms. The van der Waals surface area contributed by atoms with Crippen LogP contribution in [0, 0.1) is 5.92 Å². The van der Waals surface area contributed by atoms with Crippen molar-refractivity contribution in [1.29, 1.82) is 0 Å². The second-order valence-corrected chi connectivity index (χ2v) is 7.72. The lowest BCUT2D eigenvalue weighted by atomic mass is 10.0. The molecule has 2 N–H and O–H groups in total. The van der Waals surface area contributed by atoms with E-state index >= 15 is 0 Å². The van der Waals surface area contributed by atoms with Crippen LogP contribution in [0.15, 0.2) is 29.3 Å². The number of likely N-dealkylation sites (N-methyl/N-ethyl adjacent to an activating group) is 1. The van der Waals surface area contributed by atoms with E-state index in [2.05, 4.69) is 15.6 Å². The Hall–Kier alpha value is -2.24. The van der Waals surface area contributed by atoms with Gasteiger partial charge in [0.15, 0.2) is 12.6 Å². The van der Waals surface area contributed by atoms with Crippen LogP contribution in [-0.2, 0) is 11.3 Å². The highest BCUT2D eigenvalue weighted by molar-refractivity contribution is 5.79. The molecule has 0 aliphatic heterocycles. The van der Waals surface area contributed by atoms with E-state index in [9.17, 15) is 4.79 Å². The van der Waals surface area contributed by atoms with E-state index in [1.807, 2.05) is 24.3 Å². The van der Waals surface area contributed by atoms with Crippen LogP contribution in [0.4, 0.5) is 0 Å². The third kappa shape index (κ3) is 8.19. The molecule has 28 heavy (non-hydrogen) atoms. The molecule has 0 spiro atoms. The summed E-state index contributed by atoms with van der Waals surface area (Å²) in [5, 5.41) is 6.73. The minimum absolute atomic E-state index is 0.0496. The zero-order valence-corrected chi connectivity index (χ0v) is 17.7. The van der Waals surface area contributed by atoms with Crippen LogP contribution in [0.2, 0.25) is 0 Å². The molecule has 2 rings (SSSR count). The number of amides is 1. The number of aliphatic imine (C=N–C) groups is 1. The van der Waals surface area contributed by atoms with Crippen molar-refractivity contribution >= 4 is 11.9 Å². The zero-order valence-electron chi connectivity index (χ0n) is 17.7. The minimum atomic E-state index is -0.0546. The fourth-order valence-electron chi connectivity index (χ4n) is 3.49. The Morgan fingerprint density at radius 2 is 2.00 bits per heavy atom. The fraction of sp³-hybridized carbons (Fsp3) is 0.636. The Kier molecular flexibility index (Phi) is 9.66. The fourth-order valence-corrected chi connectivity index (χ4v) is 3.49. The highest BCUT2D eigenvalue weighted by Crippen LogP contribution is 2.28. The number of unbranched alkanes of at least 4 members (excludes halogenated alkanes) is 1. The monoisotopic (exact) mass is 388 g/mol. The number of hydrogen-bond donors (Lipinski definition) is 2. The molecule has 1 fully saturated rings. The number of nitrogens with zero attached hydrogens (tertiary/aromatic N) is 2. The van der Waals surface area contributed by atoms with Crippen molar-refractivity contribution in [3.63, 3.8) is 0 Å². The van der Waals surface area contributed by atoms with Crippen molar-refractivity contribution in [3.05, 3.63) is 29.8 Å². The first-order valence-electron chi connectivity index (χ1n) is 10.4. The number of benzene rings is 1. The number of carbonyl (C=O) groups is 1. The molecule has 6 nitrogen and oxygen atoms in total. The van der Waals surface area contributed by atoms with Gasteiger partial charge in [0.25, 0.3) is 5.91 Å². The number of guanidine groups is 1. The predicted octanol–water partition coefficient (Wildman–Crippen LogP) is 3.18. The van der Waals surface area contributed by atoms with Crippen LogP contribution in [0.5, 0.6) is 5.75 Å². The molecular weight excluding hydrogens is 352 g/mol. The Balaban J connectivity index is 1.66. The standard InChI is InChI=1S/C22H36N4O2/c1-23-22(24-14-7-6-11-18-9-4-5-10-18)25-16-19-12-8-13-20(15-19)28-17-21(27)26(2)3/h8,12-13,15,18H,4-7,9-11,14,16-17H2,1-3H3,(H2,23,24,25). The van der Waals surface area contributed by atoms with Gasteiger partial charge in [0.2, 0.25) is 0 Å². The number of hydrogen-bond acceptors (Lipinski definition) is 3. The van der Waals surface area contributed by atoms with Crippen LogP contribution in [0.25, 0.3) is 0 Å². The molecule has 1 aromatic carbocycles. The summed E-state index contributed by atoms with van der Waals surface area (Å²) in [6.07, 6.45) is 9.57. The lowest BCUT2D eigenvalue weighted by Gasteiger charge is -2.14. The first-order valence-corrected chi connectivity index (χ1v) is 10.4. The van der Waals surface area contributed by atoms with E-state index in [1.54, 1.807) is 21.1 Å². The van der Waals surface area contributed by atoms with Crippen LogP contribution in [0.1, 0.15) is 50.5 Å². The Labute approximate surface area is 169 Å². The van der Waals surface area contributed by atoms with E-state index in [0.717, 1.165) is 24.0 Å². The van der Waals surface area contributed by atoms with Crippen molar-refractivity contribution in [2.24, 2.45) is 10.9 Å². The first kappa shape index (κ1) is 22.1. The van der Waals surface area contributed by atoms with Gasteiger partial charge >= 0.3 is 0 Å². The summed E-state index contributed by atoms with van der Waals surface area (Å²) < 4.78 is 5.57. The minimum Gasteiger partial charge on any atom is -0.484 e. The average molecular weight is 389 g/mol. The van der Waals surface area contributed by atoms with Crippen molar-refractivity contribution in [2.75, 3.05) is 34.3 Å². The van der Waals surface area contributed by atoms with Crippen molar-refractivity contribution in [1.82, 2.24) is 15.5 Å². The average Bonchev–Trinajstić information content (AvgIpc) is 3.22. The maximum absolute atomic E-state index is 11.6. The van der Waals surface area contributed by atoms with E-state index in [1.165, 1.54) is 49.8 Å². The van der Waals surface area contributed by atoms with E-state index in [4.69, 9.17) is 4.74 Å². The largest absolute Gasteiger partial charge is 0.484 e. The highest BCUT2D eigenvalue weighted by atomic mass is 16.5. The number of nitrogens with one attached hydrogen (secondary N) is 2. The lowest BCUT2D eigenvalue weighted by Crippen LogP contribution is -2.37. The molecule has 0 bridgehead atoms. The maximum Gasteiger partial charge on any atom is 0.259 e. The summed E-state index contributed by atoms with van der Waals surface area (Å²) in [6, 6.07) is 7.78. The molecule has 0 radical (unpaired) electrons. The maximum atomic E-state index is 11.6. The molecule has 0 atom stereocenters. The van der Waals surface area contributed by atoms with Crippen molar-refractivity contribution in [3.8, 4) is 5.75 Å². The summed E-state index contributed by atoms with van der Waals surface area (Å²) >= 11 is 0. The SMILES string of the molecule is CN=C(NCCCCC1CCCC1)NCc1cccc(OCC(=O)N(C)C)c1. The van der Waals surface area contributed by atoms with Crippen molar-refractivity contribution in [2.45, 2.75) is 51.5 Å². The number of carbonyl (C=O) groups excluding carboxylic acids is 1. The molecule has 0 unspecified atom stereocenters. The van der Waals surface area contributed by atoms with Gasteiger partial charge < -0.3 is 20.3 Å². The number of rotatable bonds is 10. The molecule has 1 aliphatic rings. The van der Waals surface area contributed by atoms with Gasteiger partial charge in [-0.1, -0.05) is 50.7 Å². The topological polar surface area (TPSA) is 66.0 Å². The molecular formula is C22H36N4O2. The summed E-state index contributed by atoms with van der Waals surface area (Å²) in [4.78, 5) is 17.5. The predicted molar refractivity (Wildman–Crippen MR) is 115 cm³/mol. The Morgan fingerprint density at radius 3 is 2.71 bits per heavy atom. The van der Waals surface area contributed by atoms with E-state index in [0.29, 0.717) is 12.3 Å². The molecule has 156 valence electrons. The van der Waals surface area contributed by atoms with E-state index < -0.39 is 0 Å². The highest BCUT2D eigenvalue weighted by Gasteiger charge is 2.13. The first-order chi connectivity index (χ1) is 13.6. The quantitative estimate of drug-likeness (QED) is 0.367. The molecule has 0 aromatic heterocycles. The van der Waals surface area contributed by atoms with Crippen LogP contribution in [0.3, 0.4) is 0 Å². The second-order valence-electron chi connectivity index (χ2n) is 7.72. The molecule has 1 aromatic rings. The Morgan fingerprint density at radius 1 is 1.21 bits per heavy atom. The molecule has 1 amide bonds. The normalized spacial score (nSPS) is 14.8. The number of ether oxygens (including phenoxy) is 1.